The number of aliphatic carboxylic acids is 1. The Kier molecular flexibility index (Phi) is 6.28. The van der Waals surface area contributed by atoms with Crippen molar-refractivity contribution in [2.45, 2.75) is 82.6 Å². The summed E-state index contributed by atoms with van der Waals surface area (Å²) in [5.41, 5.74) is -2.56. The SMILES string of the molecule is C=CCN(C(=O)C1N(CCCCCO)C(=O)[C@@H]2[C@@H](C(=O)O)[C@@]3(C)CCC12O3)C(C)(C)C. The quantitative estimate of drug-likeness (QED) is 0.422. The topological polar surface area (TPSA) is 107 Å². The van der Waals surface area contributed by atoms with Crippen LogP contribution >= 0.6 is 0 Å². The van der Waals surface area contributed by atoms with Crippen molar-refractivity contribution < 1.29 is 29.3 Å². The molecule has 5 atom stereocenters. The highest BCUT2D eigenvalue weighted by Gasteiger charge is 2.78. The molecule has 0 aromatic rings. The molecule has 1 spiro atoms. The molecule has 2 bridgehead atoms. The number of carbonyl (C=O) groups excluding carboxylic acids is 2. The zero-order chi connectivity index (χ0) is 23.2. The van der Waals surface area contributed by atoms with E-state index in [4.69, 9.17) is 9.84 Å². The molecule has 0 saturated carbocycles. The fourth-order valence-electron chi connectivity index (χ4n) is 5.86. The number of carboxylic acid groups (broad SMARTS) is 1. The third-order valence-corrected chi connectivity index (χ3v) is 7.22. The Morgan fingerprint density at radius 3 is 2.52 bits per heavy atom. The van der Waals surface area contributed by atoms with Gasteiger partial charge in [0.25, 0.3) is 0 Å². The van der Waals surface area contributed by atoms with Gasteiger partial charge in [0.05, 0.1) is 17.4 Å². The summed E-state index contributed by atoms with van der Waals surface area (Å²) in [6, 6.07) is -0.857. The van der Waals surface area contributed by atoms with E-state index in [0.29, 0.717) is 38.8 Å². The van der Waals surface area contributed by atoms with Crippen LogP contribution in [0.25, 0.3) is 0 Å². The number of ether oxygens (including phenoxy) is 1. The van der Waals surface area contributed by atoms with Gasteiger partial charge >= 0.3 is 5.97 Å². The predicted octanol–water partition coefficient (Wildman–Crippen LogP) is 1.81. The Balaban J connectivity index is 2.03. The van der Waals surface area contributed by atoms with Crippen LogP contribution < -0.4 is 0 Å². The number of fused-ring (bicyclic) bond motifs is 1. The third-order valence-electron chi connectivity index (χ3n) is 7.22. The Hall–Kier alpha value is -1.93. The average Bonchev–Trinajstić information content (AvgIpc) is 3.23. The van der Waals surface area contributed by atoms with Gasteiger partial charge in [-0.05, 0) is 59.8 Å². The van der Waals surface area contributed by atoms with E-state index in [1.165, 1.54) is 0 Å². The maximum Gasteiger partial charge on any atom is 0.310 e. The molecule has 3 heterocycles. The Bertz CT molecular complexity index is 762. The number of hydrogen-bond acceptors (Lipinski definition) is 5. The number of nitrogens with zero attached hydrogens (tertiary/aromatic N) is 2. The van der Waals surface area contributed by atoms with Gasteiger partial charge in [0, 0.05) is 25.2 Å². The van der Waals surface area contributed by atoms with E-state index in [9.17, 15) is 19.5 Å². The predicted molar refractivity (Wildman–Crippen MR) is 114 cm³/mol. The molecule has 2 amide bonds. The molecule has 8 heteroatoms. The molecule has 3 aliphatic heterocycles. The van der Waals surface area contributed by atoms with Crippen LogP contribution in [0, 0.1) is 11.8 Å². The lowest BCUT2D eigenvalue weighted by atomic mass is 9.66. The van der Waals surface area contributed by atoms with Crippen LogP contribution in [-0.4, -0.2) is 80.3 Å². The molecule has 3 rings (SSSR count). The van der Waals surface area contributed by atoms with Crippen molar-refractivity contribution in [3.05, 3.63) is 12.7 Å². The van der Waals surface area contributed by atoms with Crippen LogP contribution in [-0.2, 0) is 19.1 Å². The first-order valence-electron chi connectivity index (χ1n) is 11.2. The number of aliphatic hydroxyl groups excluding tert-OH is 1. The number of rotatable bonds is 9. The van der Waals surface area contributed by atoms with Gasteiger partial charge in [0.2, 0.25) is 11.8 Å². The largest absolute Gasteiger partial charge is 0.481 e. The summed E-state index contributed by atoms with van der Waals surface area (Å²) in [6.07, 6.45) is 4.62. The van der Waals surface area contributed by atoms with Gasteiger partial charge in [-0.25, -0.2) is 0 Å². The van der Waals surface area contributed by atoms with E-state index in [1.54, 1.807) is 22.8 Å². The van der Waals surface area contributed by atoms with E-state index in [-0.39, 0.29) is 18.4 Å². The molecule has 2 N–H and O–H groups in total. The maximum atomic E-state index is 13.9. The second kappa shape index (κ2) is 8.20. The zero-order valence-corrected chi connectivity index (χ0v) is 19.1. The zero-order valence-electron chi connectivity index (χ0n) is 19.1. The molecule has 0 aliphatic carbocycles. The summed E-state index contributed by atoms with van der Waals surface area (Å²) in [5, 5.41) is 19.0. The van der Waals surface area contributed by atoms with Crippen molar-refractivity contribution in [1.82, 2.24) is 9.80 Å². The Morgan fingerprint density at radius 2 is 1.97 bits per heavy atom. The number of aliphatic hydroxyl groups is 1. The van der Waals surface area contributed by atoms with Gasteiger partial charge in [0.1, 0.15) is 11.6 Å². The Morgan fingerprint density at radius 1 is 1.29 bits per heavy atom. The minimum Gasteiger partial charge on any atom is -0.481 e. The smallest absolute Gasteiger partial charge is 0.310 e. The number of carboxylic acids is 1. The summed E-state index contributed by atoms with van der Waals surface area (Å²) in [5.74, 6) is -3.39. The van der Waals surface area contributed by atoms with E-state index in [0.717, 1.165) is 6.42 Å². The first-order valence-corrected chi connectivity index (χ1v) is 11.2. The second-order valence-electron chi connectivity index (χ2n) is 10.3. The van der Waals surface area contributed by atoms with Crippen LogP contribution in [0.5, 0.6) is 0 Å². The first kappa shape index (κ1) is 23.7. The number of carbonyl (C=O) groups is 3. The first-order chi connectivity index (χ1) is 14.4. The van der Waals surface area contributed by atoms with Crippen molar-refractivity contribution in [1.29, 1.82) is 0 Å². The van der Waals surface area contributed by atoms with E-state index in [2.05, 4.69) is 6.58 Å². The highest BCUT2D eigenvalue weighted by Crippen LogP contribution is 2.63. The van der Waals surface area contributed by atoms with Gasteiger partial charge in [-0.1, -0.05) is 6.08 Å². The van der Waals surface area contributed by atoms with Crippen molar-refractivity contribution in [3.63, 3.8) is 0 Å². The van der Waals surface area contributed by atoms with Crippen molar-refractivity contribution >= 4 is 17.8 Å². The summed E-state index contributed by atoms with van der Waals surface area (Å²) < 4.78 is 6.39. The summed E-state index contributed by atoms with van der Waals surface area (Å²) in [6.45, 7) is 12.1. The van der Waals surface area contributed by atoms with Gasteiger partial charge < -0.3 is 24.7 Å². The molecule has 0 radical (unpaired) electrons. The highest BCUT2D eigenvalue weighted by atomic mass is 16.5. The maximum absolute atomic E-state index is 13.9. The molecule has 3 saturated heterocycles. The average molecular weight is 437 g/mol. The van der Waals surface area contributed by atoms with Crippen LogP contribution in [0.15, 0.2) is 12.7 Å². The monoisotopic (exact) mass is 436 g/mol. The molecule has 31 heavy (non-hydrogen) atoms. The van der Waals surface area contributed by atoms with Crippen molar-refractivity contribution in [3.8, 4) is 0 Å². The lowest BCUT2D eigenvalue weighted by molar-refractivity contribution is -0.157. The van der Waals surface area contributed by atoms with Gasteiger partial charge in [-0.3, -0.25) is 14.4 Å². The number of likely N-dealkylation sites (tertiary alicyclic amines) is 1. The normalized spacial score (nSPS) is 34.2. The highest BCUT2D eigenvalue weighted by molar-refractivity contribution is 5.98. The number of hydrogen-bond donors (Lipinski definition) is 2. The summed E-state index contributed by atoms with van der Waals surface area (Å²) in [7, 11) is 0. The molecular weight excluding hydrogens is 400 g/mol. The molecule has 0 aromatic carbocycles. The van der Waals surface area contributed by atoms with Crippen LogP contribution in [0.3, 0.4) is 0 Å². The lowest BCUT2D eigenvalue weighted by Gasteiger charge is -2.42. The molecule has 3 aliphatic rings. The van der Waals surface area contributed by atoms with Gasteiger partial charge in [-0.15, -0.1) is 6.58 Å². The van der Waals surface area contributed by atoms with Crippen LogP contribution in [0.1, 0.15) is 59.8 Å². The summed E-state index contributed by atoms with van der Waals surface area (Å²) >= 11 is 0. The number of amides is 2. The van der Waals surface area contributed by atoms with Crippen LogP contribution in [0.4, 0.5) is 0 Å². The molecule has 3 fully saturated rings. The second-order valence-corrected chi connectivity index (χ2v) is 10.3. The Labute approximate surface area is 184 Å². The molecule has 0 aromatic heterocycles. The van der Waals surface area contributed by atoms with Crippen LogP contribution in [0.2, 0.25) is 0 Å². The van der Waals surface area contributed by atoms with E-state index in [1.807, 2.05) is 20.8 Å². The molecule has 8 nitrogen and oxygen atoms in total. The minimum absolute atomic E-state index is 0.0720. The molecule has 174 valence electrons. The fourth-order valence-corrected chi connectivity index (χ4v) is 5.86. The minimum atomic E-state index is -1.12. The third kappa shape index (κ3) is 3.67. The number of unbranched alkanes of at least 4 members (excludes halogenated alkanes) is 2. The lowest BCUT2D eigenvalue weighted by Crippen LogP contribution is -2.60. The molecule has 2 unspecified atom stereocenters. The molecular formula is C23H36N2O6. The van der Waals surface area contributed by atoms with Gasteiger partial charge in [0.15, 0.2) is 0 Å². The van der Waals surface area contributed by atoms with E-state index >= 15 is 0 Å². The standard InChI is InChI=1S/C23H36N2O6/c1-6-12-25(21(2,3)4)19(28)17-23-11-10-22(5,31-23)16(20(29)30)15(23)18(27)24(17)13-8-7-9-14-26/h6,15-17,26H,1,7-14H2,2-5H3,(H,29,30)/t15-,16-,17?,22+,23?/m0/s1. The van der Waals surface area contributed by atoms with E-state index < -0.39 is 40.6 Å². The van der Waals surface area contributed by atoms with Gasteiger partial charge in [-0.2, -0.15) is 0 Å². The van der Waals surface area contributed by atoms with Crippen molar-refractivity contribution in [2.24, 2.45) is 11.8 Å². The fraction of sp³-hybridized carbons (Fsp3) is 0.783. The van der Waals surface area contributed by atoms with Crippen molar-refractivity contribution in [2.75, 3.05) is 19.7 Å². The summed E-state index contributed by atoms with van der Waals surface area (Å²) in [4.78, 5) is 43.0.